The molecule has 4 N–H and O–H groups in total. The van der Waals surface area contributed by atoms with Crippen LogP contribution >= 0.6 is 0 Å². The molecular formula is C13H27NO8S. The van der Waals surface area contributed by atoms with Crippen molar-refractivity contribution in [2.75, 3.05) is 19.8 Å². The van der Waals surface area contributed by atoms with Crippen molar-refractivity contribution < 1.29 is 37.5 Å². The number of unbranched alkanes of at least 4 members (excludes halogenated alkanes) is 1. The van der Waals surface area contributed by atoms with Crippen LogP contribution < -0.4 is 4.72 Å². The quantitative estimate of drug-likeness (QED) is 0.422. The van der Waals surface area contributed by atoms with Crippen LogP contribution in [0.1, 0.15) is 46.5 Å². The number of carboxylic acids is 1. The van der Waals surface area contributed by atoms with Gasteiger partial charge in [-0.3, -0.25) is 9.59 Å². The van der Waals surface area contributed by atoms with Gasteiger partial charge in [0, 0.05) is 19.4 Å². The van der Waals surface area contributed by atoms with Crippen molar-refractivity contribution in [3.8, 4) is 0 Å². The molecule has 0 aliphatic heterocycles. The lowest BCUT2D eigenvalue weighted by molar-refractivity contribution is -0.138. The Labute approximate surface area is 136 Å². The maximum Gasteiger partial charge on any atom is 0.385 e. The Morgan fingerprint density at radius 2 is 1.52 bits per heavy atom. The average molecular weight is 357 g/mol. The molecule has 0 aliphatic carbocycles. The molecule has 0 atom stereocenters. The molecule has 0 amide bonds. The van der Waals surface area contributed by atoms with Gasteiger partial charge in [-0.2, -0.15) is 13.1 Å². The van der Waals surface area contributed by atoms with E-state index in [1.165, 1.54) is 0 Å². The monoisotopic (exact) mass is 357 g/mol. The minimum atomic E-state index is -4.08. The Balaban J connectivity index is 0. The van der Waals surface area contributed by atoms with Crippen LogP contribution in [0.25, 0.3) is 0 Å². The molecule has 0 aromatic carbocycles. The van der Waals surface area contributed by atoms with Crippen molar-refractivity contribution in [3.63, 3.8) is 0 Å². The second kappa shape index (κ2) is 12.2. The highest BCUT2D eigenvalue weighted by atomic mass is 32.2. The molecule has 138 valence electrons. The van der Waals surface area contributed by atoms with Gasteiger partial charge >= 0.3 is 22.2 Å². The molecule has 0 unspecified atom stereocenters. The molecule has 0 bridgehead atoms. The summed E-state index contributed by atoms with van der Waals surface area (Å²) in [6.07, 6.45) is 0.409. The van der Waals surface area contributed by atoms with E-state index in [1.807, 2.05) is 20.8 Å². The van der Waals surface area contributed by atoms with Crippen LogP contribution in [0.3, 0.4) is 0 Å². The summed E-state index contributed by atoms with van der Waals surface area (Å²) in [6.45, 7) is 5.41. The third-order valence-corrected chi connectivity index (χ3v) is 3.01. The summed E-state index contributed by atoms with van der Waals surface area (Å²) in [6, 6.07) is 0. The first-order valence-corrected chi connectivity index (χ1v) is 8.50. The summed E-state index contributed by atoms with van der Waals surface area (Å²) in [5, 5.41) is 23.6. The Bertz CT molecular complexity index is 439. The van der Waals surface area contributed by atoms with Crippen molar-refractivity contribution in [1.29, 1.82) is 0 Å². The lowest BCUT2D eigenvalue weighted by atomic mass is 9.98. The number of hydrogen-bond donors (Lipinski definition) is 4. The highest BCUT2D eigenvalue weighted by Gasteiger charge is 2.20. The Kier molecular flexibility index (Phi) is 12.8. The molecule has 0 aromatic rings. The molecule has 10 heteroatoms. The van der Waals surface area contributed by atoms with E-state index in [4.69, 9.17) is 15.3 Å². The van der Waals surface area contributed by atoms with Gasteiger partial charge in [0.15, 0.2) is 0 Å². The molecule has 0 spiro atoms. The highest BCUT2D eigenvalue weighted by molar-refractivity contribution is 7.85. The highest BCUT2D eigenvalue weighted by Crippen LogP contribution is 2.11. The second-order valence-corrected chi connectivity index (χ2v) is 7.20. The predicted molar refractivity (Wildman–Crippen MR) is 82.7 cm³/mol. The molecule has 0 fully saturated rings. The van der Waals surface area contributed by atoms with Gasteiger partial charge in [-0.05, 0) is 18.3 Å². The Morgan fingerprint density at radius 1 is 1.04 bits per heavy atom. The number of aliphatic hydroxyl groups excluding tert-OH is 2. The summed E-state index contributed by atoms with van der Waals surface area (Å²) in [5.74, 6) is -1.83. The molecule has 23 heavy (non-hydrogen) atoms. The summed E-state index contributed by atoms with van der Waals surface area (Å²) < 4.78 is 29.2. The van der Waals surface area contributed by atoms with E-state index in [1.54, 1.807) is 0 Å². The molecule has 0 saturated carbocycles. The van der Waals surface area contributed by atoms with Crippen LogP contribution in [0.5, 0.6) is 0 Å². The average Bonchev–Trinajstić information content (AvgIpc) is 2.40. The summed E-state index contributed by atoms with van der Waals surface area (Å²) >= 11 is 0. The molecule has 0 heterocycles. The lowest BCUT2D eigenvalue weighted by Crippen LogP contribution is -2.34. The Morgan fingerprint density at radius 3 is 1.91 bits per heavy atom. The molecule has 0 aliphatic rings. The third kappa shape index (κ3) is 20.8. The van der Waals surface area contributed by atoms with Gasteiger partial charge in [0.2, 0.25) is 0 Å². The minimum absolute atomic E-state index is 0.0533. The fourth-order valence-corrected chi connectivity index (χ4v) is 2.04. The molecule has 0 saturated heterocycles. The third-order valence-electron chi connectivity index (χ3n) is 2.10. The predicted octanol–water partition coefficient (Wildman–Crippen LogP) is 0.0261. The number of carboxylic acid groups (broad SMARTS) is 1. The fourth-order valence-electron chi connectivity index (χ4n) is 1.04. The first-order valence-electron chi connectivity index (χ1n) is 7.09. The van der Waals surface area contributed by atoms with Crippen molar-refractivity contribution in [2.24, 2.45) is 5.41 Å². The first-order chi connectivity index (χ1) is 10.4. The Hall–Kier alpha value is -1.23. The smallest absolute Gasteiger partial charge is 0.385 e. The van der Waals surface area contributed by atoms with E-state index >= 15 is 0 Å². The van der Waals surface area contributed by atoms with Crippen molar-refractivity contribution in [3.05, 3.63) is 0 Å². The topological polar surface area (TPSA) is 150 Å². The number of carbonyl (C=O) groups is 2. The summed E-state index contributed by atoms with van der Waals surface area (Å²) in [5.41, 5.74) is -0.263. The number of aliphatic carboxylic acids is 1. The van der Waals surface area contributed by atoms with E-state index in [-0.39, 0.29) is 44.4 Å². The molecule has 0 radical (unpaired) electrons. The van der Waals surface area contributed by atoms with Crippen molar-refractivity contribution in [2.45, 2.75) is 46.5 Å². The van der Waals surface area contributed by atoms with Gasteiger partial charge in [-0.15, -0.1) is 0 Å². The largest absolute Gasteiger partial charge is 0.481 e. The van der Waals surface area contributed by atoms with Crippen LogP contribution in [0.2, 0.25) is 0 Å². The summed E-state index contributed by atoms with van der Waals surface area (Å²) in [4.78, 5) is 21.5. The van der Waals surface area contributed by atoms with Crippen LogP contribution in [0, 0.1) is 5.41 Å². The van der Waals surface area contributed by atoms with Gasteiger partial charge < -0.3 is 19.5 Å². The SMILES string of the molecule is CC(C)(C)CNS(=O)(=O)OC(=O)CCCCC(=O)O.OCCO. The van der Waals surface area contributed by atoms with E-state index in [0.29, 0.717) is 6.42 Å². The zero-order valence-corrected chi connectivity index (χ0v) is 14.6. The van der Waals surface area contributed by atoms with Gasteiger partial charge in [0.05, 0.1) is 13.2 Å². The van der Waals surface area contributed by atoms with E-state index < -0.39 is 22.2 Å². The van der Waals surface area contributed by atoms with Crippen molar-refractivity contribution in [1.82, 2.24) is 4.72 Å². The van der Waals surface area contributed by atoms with Gasteiger partial charge in [-0.1, -0.05) is 20.8 Å². The standard InChI is InChI=1S/C11H21NO6S.C2H6O2/c1-11(2,3)8-12-19(16,17)18-10(15)7-5-4-6-9(13)14;3-1-2-4/h12H,4-8H2,1-3H3,(H,13,14);3-4H,1-2H2. The molecule has 9 nitrogen and oxygen atoms in total. The van der Waals surface area contributed by atoms with E-state index in [2.05, 4.69) is 8.91 Å². The zero-order valence-electron chi connectivity index (χ0n) is 13.7. The molecule has 0 aromatic heterocycles. The zero-order chi connectivity index (χ0) is 18.5. The number of nitrogens with one attached hydrogen (secondary N) is 1. The number of rotatable bonds is 9. The lowest BCUT2D eigenvalue weighted by Gasteiger charge is -2.18. The maximum atomic E-state index is 11.4. The van der Waals surface area contributed by atoms with Gasteiger partial charge in [-0.25, -0.2) is 0 Å². The summed E-state index contributed by atoms with van der Waals surface area (Å²) in [7, 11) is -4.08. The van der Waals surface area contributed by atoms with Crippen LogP contribution in [0.4, 0.5) is 0 Å². The minimum Gasteiger partial charge on any atom is -0.481 e. The number of carbonyl (C=O) groups excluding carboxylic acids is 1. The normalized spacial score (nSPS) is 11.3. The second-order valence-electron chi connectivity index (χ2n) is 5.84. The number of aliphatic hydroxyl groups is 2. The van der Waals surface area contributed by atoms with Crippen LogP contribution in [0.15, 0.2) is 0 Å². The van der Waals surface area contributed by atoms with Gasteiger partial charge in [0.1, 0.15) is 0 Å². The molecule has 0 rings (SSSR count). The fraction of sp³-hybridized carbons (Fsp3) is 0.846. The first kappa shape index (κ1) is 24.0. The molecular weight excluding hydrogens is 330 g/mol. The van der Waals surface area contributed by atoms with Crippen LogP contribution in [-0.4, -0.2) is 55.4 Å². The maximum absolute atomic E-state index is 11.4. The van der Waals surface area contributed by atoms with E-state index in [9.17, 15) is 18.0 Å². The van der Waals surface area contributed by atoms with E-state index in [0.717, 1.165) is 0 Å². The van der Waals surface area contributed by atoms with Gasteiger partial charge in [0.25, 0.3) is 0 Å². The van der Waals surface area contributed by atoms with Crippen molar-refractivity contribution >= 4 is 22.2 Å². The number of hydrogen-bond acceptors (Lipinski definition) is 7. The van der Waals surface area contributed by atoms with Crippen LogP contribution in [-0.2, 0) is 24.1 Å².